The molecule has 0 aromatic carbocycles. The highest BCUT2D eigenvalue weighted by atomic mass is 16.6. The predicted octanol–water partition coefficient (Wildman–Crippen LogP) is 1.28. The van der Waals surface area contributed by atoms with E-state index in [0.29, 0.717) is 0 Å². The van der Waals surface area contributed by atoms with E-state index >= 15 is 0 Å². The van der Waals surface area contributed by atoms with E-state index < -0.39 is 11.9 Å². The molecule has 3 nitrogen and oxygen atoms in total. The van der Waals surface area contributed by atoms with Gasteiger partial charge < -0.3 is 14.9 Å². The molecule has 0 unspecified atom stereocenters. The number of hydrogen-bond acceptors (Lipinski definition) is 3. The van der Waals surface area contributed by atoms with Crippen molar-refractivity contribution in [2.75, 3.05) is 0 Å². The minimum absolute atomic E-state index is 0.0139. The summed E-state index contributed by atoms with van der Waals surface area (Å²) in [6, 6.07) is 0. The summed E-state index contributed by atoms with van der Waals surface area (Å²) in [5.74, 6) is 0.0578. The lowest BCUT2D eigenvalue weighted by molar-refractivity contribution is -0.164. The monoisotopic (exact) mass is 188 g/mol. The lowest BCUT2D eigenvalue weighted by Crippen LogP contribution is -2.41. The largest absolute Gasteiger partial charge is 0.384 e. The van der Waals surface area contributed by atoms with Crippen LogP contribution in [-0.2, 0) is 4.74 Å². The Morgan fingerprint density at radius 1 is 1.38 bits per heavy atom. The first kappa shape index (κ1) is 11.0. The van der Waals surface area contributed by atoms with Crippen LogP contribution in [0.5, 0.6) is 0 Å². The van der Waals surface area contributed by atoms with Crippen LogP contribution in [0.3, 0.4) is 0 Å². The third-order valence-corrected chi connectivity index (χ3v) is 3.02. The summed E-state index contributed by atoms with van der Waals surface area (Å²) in [6.07, 6.45) is 1.76. The van der Waals surface area contributed by atoms with Gasteiger partial charge in [0.2, 0.25) is 0 Å². The van der Waals surface area contributed by atoms with Crippen molar-refractivity contribution in [3.63, 3.8) is 0 Å². The first-order chi connectivity index (χ1) is 6.04. The average Bonchev–Trinajstić information content (AvgIpc) is 2.24. The van der Waals surface area contributed by atoms with Gasteiger partial charge in [0.15, 0.2) is 6.29 Å². The van der Waals surface area contributed by atoms with Crippen molar-refractivity contribution >= 4 is 0 Å². The van der Waals surface area contributed by atoms with Crippen molar-refractivity contribution in [3.05, 3.63) is 0 Å². The minimum Gasteiger partial charge on any atom is -0.384 e. The fourth-order valence-corrected chi connectivity index (χ4v) is 2.19. The molecule has 1 fully saturated rings. The van der Waals surface area contributed by atoms with Gasteiger partial charge in [0.25, 0.3) is 0 Å². The second-order valence-corrected chi connectivity index (χ2v) is 4.06. The molecule has 4 atom stereocenters. The summed E-state index contributed by atoms with van der Waals surface area (Å²) in [7, 11) is 0. The topological polar surface area (TPSA) is 49.7 Å². The first-order valence-corrected chi connectivity index (χ1v) is 5.09. The Kier molecular flexibility index (Phi) is 3.33. The van der Waals surface area contributed by atoms with E-state index in [-0.39, 0.29) is 12.0 Å². The highest BCUT2D eigenvalue weighted by Crippen LogP contribution is 2.38. The second-order valence-electron chi connectivity index (χ2n) is 4.06. The number of hydrogen-bond donors (Lipinski definition) is 2. The smallest absolute Gasteiger partial charge is 0.184 e. The Labute approximate surface area is 79.7 Å². The van der Waals surface area contributed by atoms with Crippen LogP contribution in [0.25, 0.3) is 0 Å². The molecule has 2 N–H and O–H groups in total. The van der Waals surface area contributed by atoms with Crippen LogP contribution in [0.4, 0.5) is 0 Å². The molecule has 0 bridgehead atoms. The molecule has 13 heavy (non-hydrogen) atoms. The third kappa shape index (κ3) is 1.87. The first-order valence-electron chi connectivity index (χ1n) is 5.09. The zero-order valence-electron chi connectivity index (χ0n) is 8.66. The van der Waals surface area contributed by atoms with Gasteiger partial charge in [-0.2, -0.15) is 0 Å². The molecule has 1 aliphatic heterocycles. The number of ether oxygens (including phenoxy) is 1. The van der Waals surface area contributed by atoms with Crippen LogP contribution in [-0.4, -0.2) is 28.2 Å². The average molecular weight is 188 g/mol. The normalized spacial score (nSPS) is 45.5. The molecular weight excluding hydrogens is 168 g/mol. The van der Waals surface area contributed by atoms with E-state index in [0.717, 1.165) is 19.3 Å². The highest BCUT2D eigenvalue weighted by Gasteiger charge is 2.50. The van der Waals surface area contributed by atoms with Crippen LogP contribution >= 0.6 is 0 Å². The summed E-state index contributed by atoms with van der Waals surface area (Å²) in [5.41, 5.74) is -1.07. The quantitative estimate of drug-likeness (QED) is 0.701. The van der Waals surface area contributed by atoms with Gasteiger partial charge in [0.05, 0.1) is 6.10 Å². The van der Waals surface area contributed by atoms with Crippen LogP contribution < -0.4 is 0 Å². The van der Waals surface area contributed by atoms with Gasteiger partial charge in [-0.1, -0.05) is 20.3 Å². The summed E-state index contributed by atoms with van der Waals surface area (Å²) >= 11 is 0. The summed E-state index contributed by atoms with van der Waals surface area (Å²) < 4.78 is 5.33. The maximum absolute atomic E-state index is 9.94. The molecule has 0 aliphatic carbocycles. The van der Waals surface area contributed by atoms with E-state index in [1.54, 1.807) is 6.92 Å². The molecule has 1 saturated heterocycles. The molecule has 3 heteroatoms. The predicted molar refractivity (Wildman–Crippen MR) is 50.2 cm³/mol. The molecular formula is C10H20O3. The van der Waals surface area contributed by atoms with Gasteiger partial charge in [-0.25, -0.2) is 0 Å². The van der Waals surface area contributed by atoms with E-state index in [9.17, 15) is 10.2 Å². The molecule has 0 radical (unpaired) electrons. The molecule has 0 amide bonds. The minimum atomic E-state index is -1.07. The molecule has 78 valence electrons. The van der Waals surface area contributed by atoms with Crippen molar-refractivity contribution in [2.24, 2.45) is 5.92 Å². The molecule has 1 heterocycles. The van der Waals surface area contributed by atoms with Crippen molar-refractivity contribution in [1.29, 1.82) is 0 Å². The zero-order chi connectivity index (χ0) is 10.1. The van der Waals surface area contributed by atoms with Crippen LogP contribution in [0.15, 0.2) is 0 Å². The molecule has 1 aliphatic rings. The lowest BCUT2D eigenvalue weighted by atomic mass is 9.83. The number of aliphatic hydroxyl groups is 2. The Morgan fingerprint density at radius 2 is 2.00 bits per heavy atom. The zero-order valence-corrected chi connectivity index (χ0v) is 8.66. The summed E-state index contributed by atoms with van der Waals surface area (Å²) in [6.45, 7) is 5.75. The Bertz CT molecular complexity index is 168. The van der Waals surface area contributed by atoms with E-state index in [1.165, 1.54) is 0 Å². The fourth-order valence-electron chi connectivity index (χ4n) is 2.19. The van der Waals surface area contributed by atoms with Crippen molar-refractivity contribution in [1.82, 2.24) is 0 Å². The summed E-state index contributed by atoms with van der Waals surface area (Å²) in [4.78, 5) is 0. The van der Waals surface area contributed by atoms with Crippen molar-refractivity contribution in [3.8, 4) is 0 Å². The summed E-state index contributed by atoms with van der Waals surface area (Å²) in [5, 5.41) is 19.4. The molecule has 1 rings (SSSR count). The van der Waals surface area contributed by atoms with Gasteiger partial charge in [0, 0.05) is 5.92 Å². The Hall–Kier alpha value is -0.120. The van der Waals surface area contributed by atoms with Crippen LogP contribution in [0.2, 0.25) is 0 Å². The molecule has 0 saturated carbocycles. The lowest BCUT2D eigenvalue weighted by Gasteiger charge is -2.26. The molecule has 0 aromatic rings. The third-order valence-electron chi connectivity index (χ3n) is 3.02. The van der Waals surface area contributed by atoms with Gasteiger partial charge >= 0.3 is 0 Å². The van der Waals surface area contributed by atoms with E-state index in [1.807, 2.05) is 6.92 Å². The Balaban J connectivity index is 2.70. The number of aliphatic hydroxyl groups excluding tert-OH is 1. The maximum atomic E-state index is 9.94. The second kappa shape index (κ2) is 3.95. The van der Waals surface area contributed by atoms with E-state index in [2.05, 4.69) is 6.92 Å². The maximum Gasteiger partial charge on any atom is 0.184 e. The van der Waals surface area contributed by atoms with E-state index in [4.69, 9.17) is 4.74 Å². The van der Waals surface area contributed by atoms with Crippen LogP contribution in [0, 0.1) is 5.92 Å². The Morgan fingerprint density at radius 3 is 2.46 bits per heavy atom. The van der Waals surface area contributed by atoms with Gasteiger partial charge in [-0.3, -0.25) is 0 Å². The fraction of sp³-hybridized carbons (Fsp3) is 1.00. The standard InChI is InChI=1S/C10H20O3/c1-4-6-8-7(5-2)10(3,12)9(11)13-8/h7-9,11-12H,4-6H2,1-3H3/t7-,8-,9-,10+/m1/s1. The van der Waals surface area contributed by atoms with Gasteiger partial charge in [0.1, 0.15) is 5.60 Å². The van der Waals surface area contributed by atoms with Gasteiger partial charge in [-0.05, 0) is 19.8 Å². The molecule has 0 aromatic heterocycles. The van der Waals surface area contributed by atoms with Crippen molar-refractivity contribution < 1.29 is 14.9 Å². The van der Waals surface area contributed by atoms with Crippen molar-refractivity contribution in [2.45, 2.75) is 58.0 Å². The van der Waals surface area contributed by atoms with Crippen LogP contribution in [0.1, 0.15) is 40.0 Å². The molecule has 0 spiro atoms. The highest BCUT2D eigenvalue weighted by molar-refractivity contribution is 4.94. The van der Waals surface area contributed by atoms with Gasteiger partial charge in [-0.15, -0.1) is 0 Å². The number of rotatable bonds is 3. The SMILES string of the molecule is CCC[C@H]1O[C@@H](O)[C@@](C)(O)[C@@H]1CC.